The topological polar surface area (TPSA) is 241 Å². The second-order valence-electron chi connectivity index (χ2n) is 18.5. The molecule has 392 valence electrons. The number of nitrogens with zero attached hydrogens (tertiary/aromatic N) is 11. The summed E-state index contributed by atoms with van der Waals surface area (Å²) in [6, 6.07) is 4.28. The zero-order valence-corrected chi connectivity index (χ0v) is 42.2. The van der Waals surface area contributed by atoms with Gasteiger partial charge in [0.25, 0.3) is 11.8 Å². The van der Waals surface area contributed by atoms with Crippen LogP contribution in [0.15, 0.2) is 46.5 Å². The minimum atomic E-state index is -5.14. The number of hydrogen-bond acceptors (Lipinski definition) is 16. The highest BCUT2D eigenvalue weighted by atomic mass is 32.2. The van der Waals surface area contributed by atoms with E-state index < -0.39 is 98.4 Å². The second-order valence-corrected chi connectivity index (χ2v) is 22.5. The van der Waals surface area contributed by atoms with E-state index in [4.69, 9.17) is 14.7 Å². The fraction of sp³-hybridized carbons (Fsp3) is 0.467. The Hall–Kier alpha value is -6.52. The van der Waals surface area contributed by atoms with E-state index in [0.717, 1.165) is 29.8 Å². The van der Waals surface area contributed by atoms with E-state index >= 15 is 0 Å². The van der Waals surface area contributed by atoms with Gasteiger partial charge >= 0.3 is 12.4 Å². The van der Waals surface area contributed by atoms with Gasteiger partial charge in [0.2, 0.25) is 11.9 Å². The Balaban J connectivity index is 1.04. The van der Waals surface area contributed by atoms with Crippen molar-refractivity contribution in [3.63, 3.8) is 0 Å². The smallest absolute Gasteiger partial charge is 0.392 e. The van der Waals surface area contributed by atoms with Crippen molar-refractivity contribution in [2.45, 2.75) is 88.2 Å². The highest BCUT2D eigenvalue weighted by molar-refractivity contribution is 7.91. The summed E-state index contributed by atoms with van der Waals surface area (Å²) in [5.74, 6) is -2.67. The lowest BCUT2D eigenvalue weighted by molar-refractivity contribution is -0.142. The van der Waals surface area contributed by atoms with Crippen LogP contribution in [0.4, 0.5) is 38.2 Å². The first kappa shape index (κ1) is 52.8. The second kappa shape index (κ2) is 19.1. The number of aliphatic hydroxyl groups is 1. The van der Waals surface area contributed by atoms with E-state index in [0.29, 0.717) is 33.7 Å². The maximum absolute atomic E-state index is 14.9. The van der Waals surface area contributed by atoms with Gasteiger partial charge in [0, 0.05) is 65.2 Å². The maximum atomic E-state index is 14.9. The summed E-state index contributed by atoms with van der Waals surface area (Å²) in [7, 11) is -5.38. The Kier molecular flexibility index (Phi) is 13.8. The summed E-state index contributed by atoms with van der Waals surface area (Å²) in [6.45, 7) is 6.00. The minimum absolute atomic E-state index is 0.0755. The van der Waals surface area contributed by atoms with E-state index in [-0.39, 0.29) is 70.8 Å². The molecule has 28 heteroatoms. The molecule has 0 aliphatic carbocycles. The van der Waals surface area contributed by atoms with Crippen LogP contribution in [-0.4, -0.2) is 124 Å². The third-order valence-electron chi connectivity index (χ3n) is 12.7. The van der Waals surface area contributed by atoms with Gasteiger partial charge in [0.05, 0.1) is 68.3 Å². The number of fused-ring (bicyclic) bond motifs is 6. The number of amides is 2. The molecule has 0 saturated carbocycles. The van der Waals surface area contributed by atoms with Crippen LogP contribution in [0.25, 0.3) is 22.1 Å². The number of hydrogen-bond donors (Lipinski definition) is 2. The van der Waals surface area contributed by atoms with Gasteiger partial charge in [-0.3, -0.25) is 9.59 Å². The number of imidazole rings is 2. The average Bonchev–Trinajstić information content (AvgIpc) is 3.87. The average molecular weight is 1070 g/mol. The highest BCUT2D eigenvalue weighted by Gasteiger charge is 2.43. The Labute approximate surface area is 414 Å². The number of aliphatic hydroxyl groups excluding tert-OH is 1. The summed E-state index contributed by atoms with van der Waals surface area (Å²) in [5, 5.41) is 12.1. The van der Waals surface area contributed by atoms with Crippen LogP contribution in [0.3, 0.4) is 0 Å². The minimum Gasteiger partial charge on any atom is -0.392 e. The molecule has 0 unspecified atom stereocenters. The molecule has 0 radical (unpaired) electrons. The summed E-state index contributed by atoms with van der Waals surface area (Å²) < 4.78 is 148. The molecule has 2 N–H and O–H groups in total. The number of carbonyl (C=O) groups is 2. The van der Waals surface area contributed by atoms with Crippen molar-refractivity contribution in [1.82, 2.24) is 49.3 Å². The van der Waals surface area contributed by atoms with Crippen LogP contribution < -0.4 is 15.1 Å². The van der Waals surface area contributed by atoms with Gasteiger partial charge < -0.3 is 39.0 Å². The van der Waals surface area contributed by atoms with Crippen molar-refractivity contribution < 1.29 is 62.6 Å². The van der Waals surface area contributed by atoms with Crippen molar-refractivity contribution in [2.75, 3.05) is 56.2 Å². The first-order chi connectivity index (χ1) is 34.0. The number of alkyl halides is 6. The number of sulfone groups is 2. The van der Waals surface area contributed by atoms with Gasteiger partial charge in [-0.1, -0.05) is 27.7 Å². The highest BCUT2D eigenvalue weighted by Crippen LogP contribution is 2.41. The number of nitrogens with one attached hydrogen (secondary N) is 1. The lowest BCUT2D eigenvalue weighted by Crippen LogP contribution is -2.42. The van der Waals surface area contributed by atoms with Crippen LogP contribution in [0.5, 0.6) is 0 Å². The summed E-state index contributed by atoms with van der Waals surface area (Å²) in [4.78, 5) is 55.3. The van der Waals surface area contributed by atoms with Crippen molar-refractivity contribution in [2.24, 2.45) is 11.8 Å². The normalized spacial score (nSPS) is 16.7. The SMILES string of the molecule is CNC(=O)c1cnc(N2CCn3c(nc4cc(COCN(C)C(=O)c5cnc(N6CCn7c(nc8cc(CO)c(S(C)(=O)=O)cc87)[C@H]6C(C)C)nc5C(F)(F)F)c(S(C)(=O)=O)cc43)[C@@H]2C(C)C)nc1C(F)(F)F. The fourth-order valence-electron chi connectivity index (χ4n) is 9.48. The van der Waals surface area contributed by atoms with Gasteiger partial charge in [0.1, 0.15) is 18.4 Å². The molecule has 20 nitrogen and oxygen atoms in total. The molecule has 2 aliphatic heterocycles. The third-order valence-corrected chi connectivity index (χ3v) is 15.0. The van der Waals surface area contributed by atoms with Crippen LogP contribution in [-0.2, 0) is 63.1 Å². The number of benzene rings is 2. The molecule has 6 aromatic rings. The molecule has 0 bridgehead atoms. The molecule has 2 aromatic carbocycles. The molecular formula is C45H50F6N12O8S2. The van der Waals surface area contributed by atoms with Gasteiger partial charge in [-0.15, -0.1) is 0 Å². The van der Waals surface area contributed by atoms with Gasteiger partial charge in [0.15, 0.2) is 31.1 Å². The largest absolute Gasteiger partial charge is 0.434 e. The lowest BCUT2D eigenvalue weighted by atomic mass is 10.00. The first-order valence-corrected chi connectivity index (χ1v) is 26.4. The van der Waals surface area contributed by atoms with E-state index in [1.54, 1.807) is 23.0 Å². The van der Waals surface area contributed by atoms with Crippen LogP contribution >= 0.6 is 0 Å². The van der Waals surface area contributed by atoms with Gasteiger partial charge in [-0.25, -0.2) is 46.7 Å². The summed E-state index contributed by atoms with van der Waals surface area (Å²) in [5.41, 5.74) is -2.86. The van der Waals surface area contributed by atoms with Crippen molar-refractivity contribution >= 4 is 65.5 Å². The number of anilines is 2. The Morgan fingerprint density at radius 3 is 1.59 bits per heavy atom. The zero-order chi connectivity index (χ0) is 53.4. The fourth-order valence-corrected chi connectivity index (χ4v) is 11.3. The number of ether oxygens (including phenoxy) is 1. The molecular weight excluding hydrogens is 1010 g/mol. The molecule has 4 aromatic heterocycles. The standard InChI is InChI=1S/C45H50F6N12O8S2/c1-22(2)34-38-55-28-13-24(19-64)32(72(7,67)68)15-30(28)60(38)9-12-63(34)43-54-18-27(37(58-43)45(49,50)51)41(66)59(6)21-71-20-25-14-29-31(16-33(25)73(8,69)70)61-10-11-62(35(23(3)4)39(61)56-29)42-53-17-26(40(65)52-5)36(57-42)44(46,47)48/h13-18,22-23,34-35,64H,9-12,19-21H2,1-8H3,(H,52,65)/t34-,35+/m1/s1. The Morgan fingerprint density at radius 1 is 0.726 bits per heavy atom. The summed E-state index contributed by atoms with van der Waals surface area (Å²) in [6.07, 6.45) is -6.58. The van der Waals surface area contributed by atoms with E-state index in [1.165, 1.54) is 48.2 Å². The van der Waals surface area contributed by atoms with Crippen molar-refractivity contribution in [3.8, 4) is 0 Å². The van der Waals surface area contributed by atoms with Crippen LogP contribution in [0, 0.1) is 11.8 Å². The van der Waals surface area contributed by atoms with Gasteiger partial charge in [-0.05, 0) is 47.2 Å². The summed E-state index contributed by atoms with van der Waals surface area (Å²) >= 11 is 0. The van der Waals surface area contributed by atoms with Crippen molar-refractivity contribution in [3.05, 3.63) is 81.9 Å². The molecule has 2 aliphatic rings. The lowest BCUT2D eigenvalue weighted by Gasteiger charge is -2.38. The molecule has 73 heavy (non-hydrogen) atoms. The molecule has 2 atom stereocenters. The molecule has 0 fully saturated rings. The zero-order valence-electron chi connectivity index (χ0n) is 40.5. The van der Waals surface area contributed by atoms with E-state index in [2.05, 4.69) is 25.3 Å². The molecule has 0 saturated heterocycles. The molecule has 6 heterocycles. The monoisotopic (exact) mass is 1060 g/mol. The Morgan fingerprint density at radius 2 is 1.16 bits per heavy atom. The molecule has 8 rings (SSSR count). The number of carbonyl (C=O) groups excluding carboxylic acids is 2. The van der Waals surface area contributed by atoms with Crippen LogP contribution in [0.2, 0.25) is 0 Å². The number of halogens is 6. The Bertz CT molecular complexity index is 3420. The quantitative estimate of drug-likeness (QED) is 0.110. The number of aromatic nitrogens is 8. The van der Waals surface area contributed by atoms with Crippen LogP contribution in [0.1, 0.15) is 94.7 Å². The van der Waals surface area contributed by atoms with E-state index in [1.807, 2.05) is 13.8 Å². The first-order valence-electron chi connectivity index (χ1n) is 22.6. The predicted molar refractivity (Wildman–Crippen MR) is 251 cm³/mol. The molecule has 2 amide bonds. The third kappa shape index (κ3) is 9.87. The predicted octanol–water partition coefficient (Wildman–Crippen LogP) is 5.34. The van der Waals surface area contributed by atoms with E-state index in [9.17, 15) is 57.9 Å². The number of rotatable bonds is 13. The van der Waals surface area contributed by atoms with Gasteiger partial charge in [-0.2, -0.15) is 26.3 Å². The van der Waals surface area contributed by atoms with Crippen molar-refractivity contribution in [1.29, 1.82) is 0 Å². The molecule has 0 spiro atoms. The maximum Gasteiger partial charge on any atom is 0.434 e.